The monoisotopic (exact) mass is 404 g/mol. The molecule has 2 N–H and O–H groups in total. The molecule has 1 atom stereocenters. The van der Waals surface area contributed by atoms with Crippen LogP contribution < -0.4 is 15.4 Å². The van der Waals surface area contributed by atoms with Crippen molar-refractivity contribution in [2.75, 3.05) is 40.4 Å². The number of carbonyl (C=O) groups excluding carboxylic acids is 1. The van der Waals surface area contributed by atoms with Crippen LogP contribution in [0.4, 0.5) is 0 Å². The molecule has 1 fully saturated rings. The molecule has 0 aromatic heterocycles. The van der Waals surface area contributed by atoms with Crippen molar-refractivity contribution in [1.29, 1.82) is 0 Å². The van der Waals surface area contributed by atoms with Crippen molar-refractivity contribution in [2.45, 2.75) is 46.3 Å². The number of likely N-dealkylation sites (N-methyl/N-ethyl adjacent to an activating group) is 1. The first-order chi connectivity index (χ1) is 13.6. The predicted molar refractivity (Wildman–Crippen MR) is 116 cm³/mol. The second-order valence-corrected chi connectivity index (χ2v) is 8.74. The number of guanidine groups is 1. The van der Waals surface area contributed by atoms with E-state index in [1.807, 2.05) is 39.8 Å². The number of amides is 1. The van der Waals surface area contributed by atoms with E-state index in [1.54, 1.807) is 19.0 Å². The number of aryl methyl sites for hydroxylation is 1. The smallest absolute Gasteiger partial charge is 0.241 e. The highest BCUT2D eigenvalue weighted by atomic mass is 16.5. The summed E-state index contributed by atoms with van der Waals surface area (Å²) in [4.78, 5) is 18.2. The van der Waals surface area contributed by atoms with Gasteiger partial charge < -0.3 is 25.0 Å². The Hall–Kier alpha value is -2.28. The van der Waals surface area contributed by atoms with Gasteiger partial charge in [-0.1, -0.05) is 12.1 Å². The highest BCUT2D eigenvalue weighted by molar-refractivity contribution is 5.86. The highest BCUT2D eigenvalue weighted by Crippen LogP contribution is 2.25. The van der Waals surface area contributed by atoms with Gasteiger partial charge in [0.25, 0.3) is 0 Å². The summed E-state index contributed by atoms with van der Waals surface area (Å²) in [6.07, 6.45) is 1.04. The van der Waals surface area contributed by atoms with Crippen LogP contribution in [0, 0.1) is 12.8 Å². The van der Waals surface area contributed by atoms with Crippen LogP contribution in [0.1, 0.15) is 38.3 Å². The molecule has 1 amide bonds. The highest BCUT2D eigenvalue weighted by Gasteiger charge is 2.17. The van der Waals surface area contributed by atoms with Crippen LogP contribution in [0.5, 0.6) is 5.75 Å². The van der Waals surface area contributed by atoms with Gasteiger partial charge in [0.1, 0.15) is 11.4 Å². The van der Waals surface area contributed by atoms with Crippen LogP contribution >= 0.6 is 0 Å². The molecule has 162 valence electrons. The zero-order valence-electron chi connectivity index (χ0n) is 18.7. The maximum Gasteiger partial charge on any atom is 0.241 e. The number of ether oxygens (including phenoxy) is 2. The Balaban J connectivity index is 2.10. The van der Waals surface area contributed by atoms with Gasteiger partial charge in [0.05, 0.1) is 19.7 Å². The fraction of sp³-hybridized carbons (Fsp3) is 0.636. The number of rotatable bonds is 7. The molecule has 7 heteroatoms. The third kappa shape index (κ3) is 8.31. The number of nitrogens with one attached hydrogen (secondary N) is 2. The van der Waals surface area contributed by atoms with E-state index in [0.29, 0.717) is 18.4 Å². The lowest BCUT2D eigenvalue weighted by Crippen LogP contribution is -2.44. The van der Waals surface area contributed by atoms with E-state index in [1.165, 1.54) is 0 Å². The zero-order chi connectivity index (χ0) is 21.4. The molecule has 1 saturated heterocycles. The van der Waals surface area contributed by atoms with E-state index in [-0.39, 0.29) is 18.1 Å². The summed E-state index contributed by atoms with van der Waals surface area (Å²) in [6, 6.07) is 6.15. The van der Waals surface area contributed by atoms with Gasteiger partial charge >= 0.3 is 0 Å². The molecule has 7 nitrogen and oxygen atoms in total. The molecule has 1 heterocycles. The van der Waals surface area contributed by atoms with Crippen LogP contribution in [-0.2, 0) is 16.1 Å². The van der Waals surface area contributed by atoms with E-state index < -0.39 is 0 Å². The molecule has 0 radical (unpaired) electrons. The molecular weight excluding hydrogens is 368 g/mol. The van der Waals surface area contributed by atoms with Crippen molar-refractivity contribution in [3.8, 4) is 5.75 Å². The number of hydrogen-bond donors (Lipinski definition) is 2. The minimum Gasteiger partial charge on any atom is -0.488 e. The summed E-state index contributed by atoms with van der Waals surface area (Å²) in [7, 11) is 3.49. The Kier molecular flexibility index (Phi) is 8.32. The van der Waals surface area contributed by atoms with Crippen LogP contribution in [0.3, 0.4) is 0 Å². The molecule has 1 aromatic carbocycles. The molecule has 29 heavy (non-hydrogen) atoms. The molecule has 0 spiro atoms. The maximum atomic E-state index is 12.0. The molecule has 0 aliphatic carbocycles. The van der Waals surface area contributed by atoms with E-state index >= 15 is 0 Å². The number of nitrogens with zero attached hydrogens (tertiary/aromatic N) is 2. The quantitative estimate of drug-likeness (QED) is 0.539. The second kappa shape index (κ2) is 10.5. The molecular formula is C22H36N4O3. The van der Waals surface area contributed by atoms with Crippen molar-refractivity contribution >= 4 is 11.9 Å². The average molecular weight is 405 g/mol. The Morgan fingerprint density at radius 2 is 2.07 bits per heavy atom. The van der Waals surface area contributed by atoms with Gasteiger partial charge in [0, 0.05) is 38.7 Å². The molecule has 1 aromatic rings. The maximum absolute atomic E-state index is 12.0. The van der Waals surface area contributed by atoms with Crippen molar-refractivity contribution in [1.82, 2.24) is 15.5 Å². The van der Waals surface area contributed by atoms with Crippen LogP contribution in [0.15, 0.2) is 23.2 Å². The number of aliphatic imine (C=N–C) groups is 1. The van der Waals surface area contributed by atoms with Crippen LogP contribution in [-0.4, -0.2) is 62.8 Å². The van der Waals surface area contributed by atoms with E-state index in [4.69, 9.17) is 14.5 Å². The fourth-order valence-corrected chi connectivity index (χ4v) is 2.86. The Morgan fingerprint density at radius 1 is 1.31 bits per heavy atom. The van der Waals surface area contributed by atoms with Crippen molar-refractivity contribution < 1.29 is 14.3 Å². The minimum absolute atomic E-state index is 0.00390. The normalized spacial score (nSPS) is 17.2. The van der Waals surface area contributed by atoms with Gasteiger partial charge in [0.15, 0.2) is 5.96 Å². The standard InChI is InChI=1S/C22H36N4O3/c1-16-7-8-18(19(11-16)29-22(2,3)4)13-24-21(25-14-20(27)26(5)6)23-12-17-9-10-28-15-17/h7-8,11,17H,9-10,12-15H2,1-6H3,(H2,23,24,25). The Morgan fingerprint density at radius 3 is 2.69 bits per heavy atom. The van der Waals surface area contributed by atoms with Crippen molar-refractivity contribution in [3.05, 3.63) is 29.3 Å². The summed E-state index contributed by atoms with van der Waals surface area (Å²) < 4.78 is 11.6. The molecule has 1 unspecified atom stereocenters. The third-order valence-corrected chi connectivity index (χ3v) is 4.53. The average Bonchev–Trinajstić information content (AvgIpc) is 3.14. The first-order valence-corrected chi connectivity index (χ1v) is 10.2. The molecule has 0 bridgehead atoms. The fourth-order valence-electron chi connectivity index (χ4n) is 2.86. The largest absolute Gasteiger partial charge is 0.488 e. The van der Waals surface area contributed by atoms with Crippen molar-refractivity contribution in [2.24, 2.45) is 10.9 Å². The molecule has 0 saturated carbocycles. The SMILES string of the molecule is Cc1ccc(CN=C(NCC(=O)N(C)C)NCC2CCOC2)c(OC(C)(C)C)c1. The Bertz CT molecular complexity index is 704. The van der Waals surface area contributed by atoms with E-state index in [0.717, 1.165) is 43.1 Å². The molecule has 1 aliphatic rings. The topological polar surface area (TPSA) is 75.2 Å². The van der Waals surface area contributed by atoms with Crippen LogP contribution in [0.25, 0.3) is 0 Å². The number of hydrogen-bond acceptors (Lipinski definition) is 4. The summed E-state index contributed by atoms with van der Waals surface area (Å²) in [5, 5.41) is 6.49. The molecule has 1 aliphatic heterocycles. The first kappa shape index (κ1) is 23.0. The third-order valence-electron chi connectivity index (χ3n) is 4.53. The van der Waals surface area contributed by atoms with Gasteiger partial charge in [-0.25, -0.2) is 4.99 Å². The van der Waals surface area contributed by atoms with Gasteiger partial charge in [0.2, 0.25) is 5.91 Å². The van der Waals surface area contributed by atoms with Crippen LogP contribution in [0.2, 0.25) is 0 Å². The summed E-state index contributed by atoms with van der Waals surface area (Å²) >= 11 is 0. The Labute approximate surface area is 174 Å². The van der Waals surface area contributed by atoms with Gasteiger partial charge in [-0.3, -0.25) is 4.79 Å². The number of carbonyl (C=O) groups is 1. The van der Waals surface area contributed by atoms with Gasteiger partial charge in [-0.15, -0.1) is 0 Å². The van der Waals surface area contributed by atoms with E-state index in [9.17, 15) is 4.79 Å². The summed E-state index contributed by atoms with van der Waals surface area (Å²) in [6.45, 7) is 11.1. The molecule has 2 rings (SSSR count). The van der Waals surface area contributed by atoms with Gasteiger partial charge in [-0.2, -0.15) is 0 Å². The first-order valence-electron chi connectivity index (χ1n) is 10.2. The van der Waals surface area contributed by atoms with E-state index in [2.05, 4.69) is 16.7 Å². The van der Waals surface area contributed by atoms with Gasteiger partial charge in [-0.05, 0) is 45.7 Å². The van der Waals surface area contributed by atoms with Crippen molar-refractivity contribution in [3.63, 3.8) is 0 Å². The lowest BCUT2D eigenvalue weighted by atomic mass is 10.1. The summed E-state index contributed by atoms with van der Waals surface area (Å²) in [5.74, 6) is 1.92. The number of benzene rings is 1. The predicted octanol–water partition coefficient (Wildman–Crippen LogP) is 2.33. The lowest BCUT2D eigenvalue weighted by molar-refractivity contribution is -0.127. The second-order valence-electron chi connectivity index (χ2n) is 8.74. The lowest BCUT2D eigenvalue weighted by Gasteiger charge is -2.23. The summed E-state index contributed by atoms with van der Waals surface area (Å²) in [5.41, 5.74) is 1.87. The minimum atomic E-state index is -0.286. The zero-order valence-corrected chi connectivity index (χ0v) is 18.7.